The van der Waals surface area contributed by atoms with Gasteiger partial charge in [0.1, 0.15) is 6.54 Å². The van der Waals surface area contributed by atoms with Gasteiger partial charge in [0.2, 0.25) is 5.91 Å². The lowest BCUT2D eigenvalue weighted by Gasteiger charge is -2.13. The zero-order chi connectivity index (χ0) is 15.6. The van der Waals surface area contributed by atoms with Crippen molar-refractivity contribution in [3.63, 3.8) is 0 Å². The average Bonchev–Trinajstić information content (AvgIpc) is 2.37. The van der Waals surface area contributed by atoms with Crippen LogP contribution < -0.4 is 10.9 Å². The van der Waals surface area contributed by atoms with Crippen molar-refractivity contribution in [2.45, 2.75) is 34.2 Å². The minimum absolute atomic E-state index is 0.0428. The fraction of sp³-hybridized carbons (Fsp3) is 0.312. The molecule has 0 radical (unpaired) electrons. The highest BCUT2D eigenvalue weighted by atomic mass is 16.2. The van der Waals surface area contributed by atoms with Crippen LogP contribution in [0.25, 0.3) is 0 Å². The molecule has 0 aliphatic rings. The molecule has 1 heterocycles. The summed E-state index contributed by atoms with van der Waals surface area (Å²) in [6.45, 7) is 7.62. The Morgan fingerprint density at radius 2 is 1.76 bits per heavy atom. The molecule has 0 saturated heterocycles. The predicted molar refractivity (Wildman–Crippen MR) is 82.5 cm³/mol. The molecule has 0 saturated carbocycles. The van der Waals surface area contributed by atoms with Crippen molar-refractivity contribution >= 4 is 11.6 Å². The van der Waals surface area contributed by atoms with Crippen molar-refractivity contribution in [1.29, 1.82) is 0 Å². The number of hydrogen-bond acceptors (Lipinski definition) is 3. The van der Waals surface area contributed by atoms with Crippen LogP contribution in [-0.2, 0) is 11.3 Å². The molecule has 0 aliphatic heterocycles. The van der Waals surface area contributed by atoms with Crippen LogP contribution in [0.2, 0.25) is 0 Å². The van der Waals surface area contributed by atoms with Crippen molar-refractivity contribution in [3.05, 3.63) is 57.3 Å². The number of benzene rings is 1. The smallest absolute Gasteiger partial charge is 0.253 e. The molecule has 0 atom stereocenters. The number of aryl methyl sites for hydroxylation is 4. The van der Waals surface area contributed by atoms with Crippen molar-refractivity contribution in [2.24, 2.45) is 0 Å². The Bertz CT molecular complexity index is 724. The van der Waals surface area contributed by atoms with Gasteiger partial charge in [0.05, 0.1) is 6.33 Å². The fourth-order valence-corrected chi connectivity index (χ4v) is 2.35. The first-order valence-corrected chi connectivity index (χ1v) is 6.77. The topological polar surface area (TPSA) is 64.0 Å². The number of carbonyl (C=O) groups excluding carboxylic acids is 1. The van der Waals surface area contributed by atoms with Gasteiger partial charge in [0.15, 0.2) is 0 Å². The molecule has 0 bridgehead atoms. The molecule has 5 nitrogen and oxygen atoms in total. The van der Waals surface area contributed by atoms with Crippen LogP contribution in [0, 0.1) is 27.7 Å². The van der Waals surface area contributed by atoms with Gasteiger partial charge in [0, 0.05) is 17.4 Å². The number of rotatable bonds is 3. The molecule has 5 heteroatoms. The molecular weight excluding hydrogens is 266 g/mol. The molecular formula is C16H19N3O2. The second-order valence-electron chi connectivity index (χ2n) is 5.32. The number of nitrogens with zero attached hydrogens (tertiary/aromatic N) is 2. The lowest BCUT2D eigenvalue weighted by Crippen LogP contribution is -2.28. The Morgan fingerprint density at radius 1 is 1.14 bits per heavy atom. The van der Waals surface area contributed by atoms with E-state index in [1.54, 1.807) is 6.92 Å². The van der Waals surface area contributed by atoms with Crippen LogP contribution in [0.5, 0.6) is 0 Å². The number of nitrogens with one attached hydrogen (secondary N) is 1. The van der Waals surface area contributed by atoms with Gasteiger partial charge in [-0.25, -0.2) is 4.98 Å². The normalized spacial score (nSPS) is 10.5. The van der Waals surface area contributed by atoms with Crippen LogP contribution in [0.1, 0.15) is 22.4 Å². The third-order valence-electron chi connectivity index (χ3n) is 3.27. The average molecular weight is 285 g/mol. The molecule has 0 fully saturated rings. The molecule has 21 heavy (non-hydrogen) atoms. The first-order chi connectivity index (χ1) is 9.86. The molecule has 1 N–H and O–H groups in total. The number of carbonyl (C=O) groups is 1. The van der Waals surface area contributed by atoms with Gasteiger partial charge in [-0.15, -0.1) is 0 Å². The first-order valence-electron chi connectivity index (χ1n) is 6.77. The summed E-state index contributed by atoms with van der Waals surface area (Å²) in [5.74, 6) is -0.238. The maximum Gasteiger partial charge on any atom is 0.253 e. The van der Waals surface area contributed by atoms with E-state index in [9.17, 15) is 9.59 Å². The Labute approximate surface area is 123 Å². The Kier molecular flexibility index (Phi) is 4.21. The monoisotopic (exact) mass is 285 g/mol. The number of aromatic nitrogens is 2. The van der Waals surface area contributed by atoms with E-state index in [1.165, 1.54) is 17.0 Å². The second-order valence-corrected chi connectivity index (χ2v) is 5.32. The van der Waals surface area contributed by atoms with E-state index in [0.717, 1.165) is 22.4 Å². The van der Waals surface area contributed by atoms with Crippen LogP contribution >= 0.6 is 0 Å². The molecule has 2 rings (SSSR count). The van der Waals surface area contributed by atoms with E-state index in [-0.39, 0.29) is 18.0 Å². The highest BCUT2D eigenvalue weighted by Gasteiger charge is 2.09. The molecule has 0 unspecified atom stereocenters. The molecule has 1 aromatic heterocycles. The summed E-state index contributed by atoms with van der Waals surface area (Å²) in [5.41, 5.74) is 4.39. The lowest BCUT2D eigenvalue weighted by atomic mass is 10.1. The first kappa shape index (κ1) is 15.0. The van der Waals surface area contributed by atoms with Gasteiger partial charge in [-0.1, -0.05) is 17.7 Å². The minimum Gasteiger partial charge on any atom is -0.324 e. The van der Waals surface area contributed by atoms with Gasteiger partial charge in [0.25, 0.3) is 5.56 Å². The maximum absolute atomic E-state index is 12.1. The Balaban J connectivity index is 2.17. The van der Waals surface area contributed by atoms with Crippen LogP contribution in [-0.4, -0.2) is 15.5 Å². The van der Waals surface area contributed by atoms with E-state index < -0.39 is 0 Å². The third kappa shape index (κ3) is 3.56. The van der Waals surface area contributed by atoms with E-state index >= 15 is 0 Å². The standard InChI is InChI=1S/C16H19N3O2/c1-10-5-11(2)16(12(3)6-10)18-14(20)8-19-9-17-13(4)7-15(19)21/h5-7,9H,8H2,1-4H3,(H,18,20). The molecule has 2 aromatic rings. The van der Waals surface area contributed by atoms with Gasteiger partial charge < -0.3 is 5.32 Å². The predicted octanol–water partition coefficient (Wildman–Crippen LogP) is 2.12. The highest BCUT2D eigenvalue weighted by molar-refractivity contribution is 5.92. The van der Waals surface area contributed by atoms with Crippen LogP contribution in [0.4, 0.5) is 5.69 Å². The summed E-state index contributed by atoms with van der Waals surface area (Å²) in [5, 5.41) is 2.87. The zero-order valence-electron chi connectivity index (χ0n) is 12.7. The minimum atomic E-state index is -0.238. The second kappa shape index (κ2) is 5.91. The van der Waals surface area contributed by atoms with Gasteiger partial charge in [-0.3, -0.25) is 14.2 Å². The van der Waals surface area contributed by atoms with Crippen molar-refractivity contribution in [2.75, 3.05) is 5.32 Å². The van der Waals surface area contributed by atoms with Crippen molar-refractivity contribution in [1.82, 2.24) is 9.55 Å². The Morgan fingerprint density at radius 3 is 2.33 bits per heavy atom. The molecule has 0 aliphatic carbocycles. The van der Waals surface area contributed by atoms with Crippen LogP contribution in [0.3, 0.4) is 0 Å². The number of hydrogen-bond donors (Lipinski definition) is 1. The van der Waals surface area contributed by atoms with E-state index in [4.69, 9.17) is 0 Å². The summed E-state index contributed by atoms with van der Waals surface area (Å²) in [6.07, 6.45) is 1.39. The largest absolute Gasteiger partial charge is 0.324 e. The lowest BCUT2D eigenvalue weighted by molar-refractivity contribution is -0.116. The molecule has 110 valence electrons. The number of amides is 1. The SMILES string of the molecule is Cc1cc(C)c(NC(=O)Cn2cnc(C)cc2=O)c(C)c1. The number of anilines is 1. The van der Waals surface area contributed by atoms with E-state index in [2.05, 4.69) is 10.3 Å². The summed E-state index contributed by atoms with van der Waals surface area (Å²) >= 11 is 0. The fourth-order valence-electron chi connectivity index (χ4n) is 2.35. The summed E-state index contributed by atoms with van der Waals surface area (Å²) < 4.78 is 1.29. The van der Waals surface area contributed by atoms with Crippen molar-refractivity contribution in [3.8, 4) is 0 Å². The summed E-state index contributed by atoms with van der Waals surface area (Å²) in [7, 11) is 0. The zero-order valence-corrected chi connectivity index (χ0v) is 12.7. The van der Waals surface area contributed by atoms with Gasteiger partial charge in [-0.2, -0.15) is 0 Å². The molecule has 1 aromatic carbocycles. The summed E-state index contributed by atoms with van der Waals surface area (Å²) in [4.78, 5) is 27.9. The third-order valence-corrected chi connectivity index (χ3v) is 3.27. The van der Waals surface area contributed by atoms with Crippen LogP contribution in [0.15, 0.2) is 29.3 Å². The highest BCUT2D eigenvalue weighted by Crippen LogP contribution is 2.21. The molecule has 0 spiro atoms. The van der Waals surface area contributed by atoms with Gasteiger partial charge in [-0.05, 0) is 38.8 Å². The quantitative estimate of drug-likeness (QED) is 0.939. The van der Waals surface area contributed by atoms with E-state index in [0.29, 0.717) is 5.69 Å². The summed E-state index contributed by atoms with van der Waals surface area (Å²) in [6, 6.07) is 5.44. The Hall–Kier alpha value is -2.43. The van der Waals surface area contributed by atoms with E-state index in [1.807, 2.05) is 32.9 Å². The maximum atomic E-state index is 12.1. The van der Waals surface area contributed by atoms with Gasteiger partial charge >= 0.3 is 0 Å². The van der Waals surface area contributed by atoms with Crippen molar-refractivity contribution < 1.29 is 4.79 Å². The molecule has 1 amide bonds.